The highest BCUT2D eigenvalue weighted by Crippen LogP contribution is 2.25. The number of halogens is 2. The average Bonchev–Trinajstić information content (AvgIpc) is 2.69. The molecular weight excluding hydrogens is 488 g/mol. The molecule has 4 rings (SSSR count). The molecule has 1 saturated heterocycles. The summed E-state index contributed by atoms with van der Waals surface area (Å²) in [5.74, 6) is -0.405. The first-order valence-electron chi connectivity index (χ1n) is 9.11. The third-order valence-electron chi connectivity index (χ3n) is 4.98. The minimum atomic E-state index is -0.680. The van der Waals surface area contributed by atoms with E-state index in [9.17, 15) is 14.3 Å². The number of aliphatic imine (C=N–C) groups is 1. The van der Waals surface area contributed by atoms with Gasteiger partial charge in [0.25, 0.3) is 5.56 Å². The Morgan fingerprint density at radius 2 is 1.97 bits per heavy atom. The summed E-state index contributed by atoms with van der Waals surface area (Å²) in [6.07, 6.45) is 1.35. The highest BCUT2D eigenvalue weighted by molar-refractivity contribution is 14.1. The van der Waals surface area contributed by atoms with E-state index in [1.165, 1.54) is 6.21 Å². The topological polar surface area (TPSA) is 84.8 Å². The predicted octanol–water partition coefficient (Wildman–Crippen LogP) is 2.87. The molecule has 1 aliphatic rings. The summed E-state index contributed by atoms with van der Waals surface area (Å²) in [7, 11) is 2.06. The van der Waals surface area contributed by atoms with E-state index >= 15 is 0 Å². The molecule has 0 saturated carbocycles. The zero-order valence-corrected chi connectivity index (χ0v) is 17.9. The van der Waals surface area contributed by atoms with Gasteiger partial charge in [0.05, 0.1) is 5.56 Å². The fourth-order valence-electron chi connectivity index (χ4n) is 3.30. The Hall–Kier alpha value is -2.53. The Balaban J connectivity index is 1.66. The molecule has 2 N–H and O–H groups in total. The fraction of sp³-hybridized carbons (Fsp3) is 0.250. The number of anilines is 1. The van der Waals surface area contributed by atoms with Crippen LogP contribution < -0.4 is 10.5 Å². The number of aromatic hydroxyl groups is 1. The van der Waals surface area contributed by atoms with Crippen LogP contribution in [0.2, 0.25) is 0 Å². The summed E-state index contributed by atoms with van der Waals surface area (Å²) in [6.45, 7) is 3.39. The van der Waals surface area contributed by atoms with Gasteiger partial charge in [-0.3, -0.25) is 14.8 Å². The van der Waals surface area contributed by atoms with Gasteiger partial charge in [-0.05, 0) is 60.0 Å². The van der Waals surface area contributed by atoms with Gasteiger partial charge >= 0.3 is 0 Å². The van der Waals surface area contributed by atoms with Crippen molar-refractivity contribution in [1.29, 1.82) is 0 Å². The molecule has 0 aliphatic carbocycles. The van der Waals surface area contributed by atoms with E-state index in [-0.39, 0.29) is 11.6 Å². The Labute approximate surface area is 180 Å². The number of likely N-dealkylation sites (N-methyl/N-ethyl adjacent to an activating group) is 1. The maximum Gasteiger partial charge on any atom is 0.258 e. The van der Waals surface area contributed by atoms with Crippen LogP contribution in [0.25, 0.3) is 10.8 Å². The van der Waals surface area contributed by atoms with Crippen LogP contribution in [0, 0.1) is 9.52 Å². The molecule has 0 amide bonds. The van der Waals surface area contributed by atoms with Crippen LogP contribution in [0.3, 0.4) is 0 Å². The standard InChI is InChI=1S/C20H19FIN5O2/c1-26-6-8-27(9-7-26)17-5-4-16(18(21)24-17)23-11-15-14-10-12(22)2-3-13(14)19(28)25-20(15)29/h2-5,10-11H,6-9H2,1H3,(H2,25,28,29). The molecule has 3 aromatic rings. The smallest absolute Gasteiger partial charge is 0.258 e. The summed E-state index contributed by atoms with van der Waals surface area (Å²) in [6, 6.07) is 8.57. The van der Waals surface area contributed by atoms with Crippen molar-refractivity contribution in [3.63, 3.8) is 0 Å². The monoisotopic (exact) mass is 507 g/mol. The number of rotatable bonds is 3. The second-order valence-corrected chi connectivity index (χ2v) is 8.18. The van der Waals surface area contributed by atoms with Crippen molar-refractivity contribution in [2.45, 2.75) is 0 Å². The summed E-state index contributed by atoms with van der Waals surface area (Å²) >= 11 is 2.12. The van der Waals surface area contributed by atoms with Crippen molar-refractivity contribution in [1.82, 2.24) is 14.9 Å². The van der Waals surface area contributed by atoms with Crippen LogP contribution in [0.5, 0.6) is 5.88 Å². The van der Waals surface area contributed by atoms with Crippen LogP contribution in [-0.2, 0) is 0 Å². The van der Waals surface area contributed by atoms with E-state index in [1.807, 2.05) is 4.90 Å². The lowest BCUT2D eigenvalue weighted by atomic mass is 10.1. The van der Waals surface area contributed by atoms with Crippen molar-refractivity contribution in [3.05, 3.63) is 55.8 Å². The first-order valence-corrected chi connectivity index (χ1v) is 10.2. The molecule has 150 valence electrons. The molecule has 3 heterocycles. The summed E-state index contributed by atoms with van der Waals surface area (Å²) in [5, 5.41) is 11.2. The lowest BCUT2D eigenvalue weighted by molar-refractivity contribution is 0.311. The number of hydrogen-bond donors (Lipinski definition) is 2. The SMILES string of the molecule is CN1CCN(c2ccc(N=Cc3c(O)[nH]c(=O)c4ccc(I)cc34)c(F)n2)CC1. The van der Waals surface area contributed by atoms with Crippen LogP contribution >= 0.6 is 22.6 Å². The molecule has 0 bridgehead atoms. The molecule has 29 heavy (non-hydrogen) atoms. The zero-order chi connectivity index (χ0) is 20.5. The highest BCUT2D eigenvalue weighted by atomic mass is 127. The second kappa shape index (κ2) is 8.07. The Morgan fingerprint density at radius 1 is 1.21 bits per heavy atom. The van der Waals surface area contributed by atoms with Crippen LogP contribution in [-0.4, -0.2) is 59.4 Å². The van der Waals surface area contributed by atoms with E-state index in [0.29, 0.717) is 22.2 Å². The Bertz CT molecular complexity index is 1160. The quantitative estimate of drug-likeness (QED) is 0.324. The molecule has 2 aromatic heterocycles. The van der Waals surface area contributed by atoms with E-state index < -0.39 is 11.5 Å². The van der Waals surface area contributed by atoms with E-state index in [1.54, 1.807) is 30.3 Å². The minimum Gasteiger partial charge on any atom is -0.494 e. The fourth-order valence-corrected chi connectivity index (χ4v) is 3.79. The molecule has 0 atom stereocenters. The molecule has 9 heteroatoms. The number of benzene rings is 1. The van der Waals surface area contributed by atoms with E-state index in [4.69, 9.17) is 0 Å². The van der Waals surface area contributed by atoms with E-state index in [2.05, 4.69) is 49.5 Å². The molecule has 7 nitrogen and oxygen atoms in total. The second-order valence-electron chi connectivity index (χ2n) is 6.93. The maximum absolute atomic E-state index is 14.5. The van der Waals surface area contributed by atoms with Crippen molar-refractivity contribution in [2.24, 2.45) is 4.99 Å². The summed E-state index contributed by atoms with van der Waals surface area (Å²) in [4.78, 5) is 26.9. The van der Waals surface area contributed by atoms with Gasteiger partial charge in [0.15, 0.2) is 0 Å². The molecule has 1 aromatic carbocycles. The number of fused-ring (bicyclic) bond motifs is 1. The molecular formula is C20H19FIN5O2. The predicted molar refractivity (Wildman–Crippen MR) is 120 cm³/mol. The van der Waals surface area contributed by atoms with Crippen molar-refractivity contribution in [2.75, 3.05) is 38.1 Å². The maximum atomic E-state index is 14.5. The van der Waals surface area contributed by atoms with Crippen molar-refractivity contribution < 1.29 is 9.50 Å². The van der Waals surface area contributed by atoms with Gasteiger partial charge in [0.1, 0.15) is 11.5 Å². The van der Waals surface area contributed by atoms with Gasteiger partial charge < -0.3 is 14.9 Å². The summed E-state index contributed by atoms with van der Waals surface area (Å²) < 4.78 is 15.4. The number of H-pyrrole nitrogens is 1. The van der Waals surface area contributed by atoms with E-state index in [0.717, 1.165) is 29.7 Å². The number of nitrogens with zero attached hydrogens (tertiary/aromatic N) is 4. The first-order chi connectivity index (χ1) is 13.9. The zero-order valence-electron chi connectivity index (χ0n) is 15.7. The third kappa shape index (κ3) is 4.10. The largest absolute Gasteiger partial charge is 0.494 e. The number of pyridine rings is 2. The summed E-state index contributed by atoms with van der Waals surface area (Å²) in [5.41, 5.74) is -0.0108. The van der Waals surface area contributed by atoms with Gasteiger partial charge in [-0.25, -0.2) is 4.98 Å². The molecule has 0 spiro atoms. The lowest BCUT2D eigenvalue weighted by Gasteiger charge is -2.33. The number of aromatic nitrogens is 2. The van der Waals surface area contributed by atoms with Gasteiger partial charge in [-0.15, -0.1) is 0 Å². The van der Waals surface area contributed by atoms with Crippen LogP contribution in [0.15, 0.2) is 40.1 Å². The minimum absolute atomic E-state index is 0.0623. The van der Waals surface area contributed by atoms with Gasteiger partial charge in [-0.1, -0.05) is 0 Å². The average molecular weight is 507 g/mol. The first kappa shape index (κ1) is 19.8. The van der Waals surface area contributed by atoms with Gasteiger partial charge in [-0.2, -0.15) is 4.39 Å². The normalized spacial score (nSPS) is 15.5. The van der Waals surface area contributed by atoms with Gasteiger partial charge in [0.2, 0.25) is 11.8 Å². The van der Waals surface area contributed by atoms with Crippen molar-refractivity contribution >= 4 is 51.1 Å². The Morgan fingerprint density at radius 3 is 2.69 bits per heavy atom. The Kier molecular flexibility index (Phi) is 5.50. The number of nitrogens with one attached hydrogen (secondary N) is 1. The molecule has 1 aliphatic heterocycles. The number of piperazine rings is 1. The molecule has 1 fully saturated rings. The van der Waals surface area contributed by atoms with Gasteiger partial charge in [0, 0.05) is 46.7 Å². The van der Waals surface area contributed by atoms with Crippen LogP contribution in [0.1, 0.15) is 5.56 Å². The third-order valence-corrected chi connectivity index (χ3v) is 5.65. The number of aromatic amines is 1. The van der Waals surface area contributed by atoms with Crippen molar-refractivity contribution in [3.8, 4) is 5.88 Å². The highest BCUT2D eigenvalue weighted by Gasteiger charge is 2.17. The molecule has 0 radical (unpaired) electrons. The number of hydrogen-bond acceptors (Lipinski definition) is 6. The molecule has 0 unspecified atom stereocenters. The lowest BCUT2D eigenvalue weighted by Crippen LogP contribution is -2.44. The van der Waals surface area contributed by atoms with Crippen LogP contribution in [0.4, 0.5) is 15.9 Å².